The summed E-state index contributed by atoms with van der Waals surface area (Å²) in [4.78, 5) is 0. The van der Waals surface area contributed by atoms with E-state index in [0.717, 1.165) is 17.3 Å². The lowest BCUT2D eigenvalue weighted by molar-refractivity contribution is 0.628. The van der Waals surface area contributed by atoms with E-state index in [9.17, 15) is 4.39 Å². The molecule has 0 amide bonds. The predicted molar refractivity (Wildman–Crippen MR) is 73.8 cm³/mol. The van der Waals surface area contributed by atoms with E-state index in [1.54, 1.807) is 0 Å². The molecule has 0 bridgehead atoms. The SMILES string of the molecule is CCc1cccc(-c2ccc(F)cc2)c1CBr. The first-order valence-electron chi connectivity index (χ1n) is 5.69. The van der Waals surface area contributed by atoms with E-state index in [-0.39, 0.29) is 5.82 Å². The van der Waals surface area contributed by atoms with Crippen LogP contribution in [0, 0.1) is 5.82 Å². The third kappa shape index (κ3) is 2.58. The molecule has 17 heavy (non-hydrogen) atoms. The number of halogens is 2. The maximum absolute atomic E-state index is 12.9. The Hall–Kier alpha value is -1.15. The van der Waals surface area contributed by atoms with Gasteiger partial charge in [0.25, 0.3) is 0 Å². The van der Waals surface area contributed by atoms with Crippen LogP contribution in [0.3, 0.4) is 0 Å². The van der Waals surface area contributed by atoms with Crippen LogP contribution in [-0.2, 0) is 11.8 Å². The summed E-state index contributed by atoms with van der Waals surface area (Å²) in [5.74, 6) is -0.194. The van der Waals surface area contributed by atoms with Gasteiger partial charge in [0.05, 0.1) is 0 Å². The first-order chi connectivity index (χ1) is 8.26. The van der Waals surface area contributed by atoms with Gasteiger partial charge < -0.3 is 0 Å². The molecule has 0 aliphatic carbocycles. The van der Waals surface area contributed by atoms with Crippen molar-refractivity contribution in [2.75, 3.05) is 0 Å². The summed E-state index contributed by atoms with van der Waals surface area (Å²) in [6.07, 6.45) is 1.01. The highest BCUT2D eigenvalue weighted by molar-refractivity contribution is 9.08. The van der Waals surface area contributed by atoms with E-state index in [1.807, 2.05) is 12.1 Å². The number of hydrogen-bond donors (Lipinski definition) is 0. The van der Waals surface area contributed by atoms with Crippen molar-refractivity contribution in [2.24, 2.45) is 0 Å². The normalized spacial score (nSPS) is 10.5. The maximum atomic E-state index is 12.9. The fourth-order valence-corrected chi connectivity index (χ4v) is 2.69. The molecule has 0 radical (unpaired) electrons. The molecule has 0 fully saturated rings. The standard InChI is InChI=1S/C15H14BrF/c1-2-11-4-3-5-14(15(11)10-16)12-6-8-13(17)9-7-12/h3-9H,2,10H2,1H3. The van der Waals surface area contributed by atoms with Gasteiger partial charge in [-0.05, 0) is 40.8 Å². The minimum atomic E-state index is -0.194. The average Bonchev–Trinajstić information content (AvgIpc) is 2.38. The molecule has 0 aliphatic heterocycles. The molecule has 0 heterocycles. The Balaban J connectivity index is 2.54. The molecule has 0 unspecified atom stereocenters. The van der Waals surface area contributed by atoms with E-state index < -0.39 is 0 Å². The lowest BCUT2D eigenvalue weighted by Gasteiger charge is -2.12. The maximum Gasteiger partial charge on any atom is 0.123 e. The molecule has 0 nitrogen and oxygen atoms in total. The summed E-state index contributed by atoms with van der Waals surface area (Å²) in [6, 6.07) is 13.0. The molecule has 2 heteroatoms. The second kappa shape index (κ2) is 5.46. The van der Waals surface area contributed by atoms with Crippen LogP contribution in [0.1, 0.15) is 18.1 Å². The van der Waals surface area contributed by atoms with Gasteiger partial charge in [-0.1, -0.05) is 53.2 Å². The third-order valence-electron chi connectivity index (χ3n) is 2.94. The molecular weight excluding hydrogens is 279 g/mol. The van der Waals surface area contributed by atoms with Gasteiger partial charge in [0.1, 0.15) is 5.82 Å². The van der Waals surface area contributed by atoms with Gasteiger partial charge in [-0.3, -0.25) is 0 Å². The van der Waals surface area contributed by atoms with Crippen LogP contribution in [0.15, 0.2) is 42.5 Å². The molecule has 88 valence electrons. The van der Waals surface area contributed by atoms with Gasteiger partial charge in [0.2, 0.25) is 0 Å². The Morgan fingerprint density at radius 1 is 1.06 bits per heavy atom. The van der Waals surface area contributed by atoms with Gasteiger partial charge in [-0.15, -0.1) is 0 Å². The van der Waals surface area contributed by atoms with Crippen molar-refractivity contribution in [1.82, 2.24) is 0 Å². The van der Waals surface area contributed by atoms with E-state index in [1.165, 1.54) is 28.8 Å². The molecule has 2 rings (SSSR count). The predicted octanol–water partition coefficient (Wildman–Crippen LogP) is 4.95. The molecule has 0 aliphatic rings. The van der Waals surface area contributed by atoms with E-state index >= 15 is 0 Å². The van der Waals surface area contributed by atoms with Gasteiger partial charge in [0.15, 0.2) is 0 Å². The lowest BCUT2D eigenvalue weighted by atomic mass is 9.95. The molecule has 0 saturated heterocycles. The van der Waals surface area contributed by atoms with Crippen molar-refractivity contribution in [3.63, 3.8) is 0 Å². The van der Waals surface area contributed by atoms with Crippen molar-refractivity contribution in [2.45, 2.75) is 18.7 Å². The van der Waals surface area contributed by atoms with Gasteiger partial charge in [0, 0.05) is 5.33 Å². The fourth-order valence-electron chi connectivity index (χ4n) is 2.02. The first kappa shape index (κ1) is 12.3. The fraction of sp³-hybridized carbons (Fsp3) is 0.200. The molecular formula is C15H14BrF. The second-order valence-electron chi connectivity index (χ2n) is 3.94. The molecule has 2 aromatic carbocycles. The van der Waals surface area contributed by atoms with Crippen LogP contribution in [-0.4, -0.2) is 0 Å². The monoisotopic (exact) mass is 292 g/mol. The quantitative estimate of drug-likeness (QED) is 0.702. The topological polar surface area (TPSA) is 0 Å². The van der Waals surface area contributed by atoms with Crippen LogP contribution in [0.25, 0.3) is 11.1 Å². The van der Waals surface area contributed by atoms with E-state index in [0.29, 0.717) is 0 Å². The second-order valence-corrected chi connectivity index (χ2v) is 4.50. The zero-order valence-electron chi connectivity index (χ0n) is 9.71. The molecule has 0 aromatic heterocycles. The Bertz CT molecular complexity index is 503. The summed E-state index contributed by atoms with van der Waals surface area (Å²) in [5, 5.41) is 0.823. The Morgan fingerprint density at radius 3 is 2.35 bits per heavy atom. The zero-order valence-corrected chi connectivity index (χ0v) is 11.3. The third-order valence-corrected chi connectivity index (χ3v) is 3.50. The summed E-state index contributed by atoms with van der Waals surface area (Å²) < 4.78 is 12.9. The van der Waals surface area contributed by atoms with Crippen molar-refractivity contribution in [1.29, 1.82) is 0 Å². The lowest BCUT2D eigenvalue weighted by Crippen LogP contribution is -1.93. The average molecular weight is 293 g/mol. The van der Waals surface area contributed by atoms with E-state index in [2.05, 4.69) is 41.1 Å². The van der Waals surface area contributed by atoms with Gasteiger partial charge >= 0.3 is 0 Å². The molecule has 0 spiro atoms. The van der Waals surface area contributed by atoms with Crippen molar-refractivity contribution in [3.8, 4) is 11.1 Å². The van der Waals surface area contributed by atoms with Crippen LogP contribution in [0.2, 0.25) is 0 Å². The van der Waals surface area contributed by atoms with Crippen molar-refractivity contribution < 1.29 is 4.39 Å². The van der Waals surface area contributed by atoms with Crippen molar-refractivity contribution >= 4 is 15.9 Å². The number of aryl methyl sites for hydroxylation is 1. The van der Waals surface area contributed by atoms with Crippen LogP contribution >= 0.6 is 15.9 Å². The summed E-state index contributed by atoms with van der Waals surface area (Å²) in [6.45, 7) is 2.15. The minimum Gasteiger partial charge on any atom is -0.207 e. The largest absolute Gasteiger partial charge is 0.207 e. The summed E-state index contributed by atoms with van der Waals surface area (Å²) in [5.41, 5.74) is 4.88. The molecule has 0 atom stereocenters. The van der Waals surface area contributed by atoms with Gasteiger partial charge in [-0.2, -0.15) is 0 Å². The molecule has 0 N–H and O–H groups in total. The highest BCUT2D eigenvalue weighted by Crippen LogP contribution is 2.28. The first-order valence-corrected chi connectivity index (χ1v) is 6.81. The smallest absolute Gasteiger partial charge is 0.123 e. The van der Waals surface area contributed by atoms with Gasteiger partial charge in [-0.25, -0.2) is 4.39 Å². The van der Waals surface area contributed by atoms with E-state index in [4.69, 9.17) is 0 Å². The Morgan fingerprint density at radius 2 is 1.76 bits per heavy atom. The summed E-state index contributed by atoms with van der Waals surface area (Å²) >= 11 is 3.54. The van der Waals surface area contributed by atoms with Crippen molar-refractivity contribution in [3.05, 3.63) is 59.4 Å². The van der Waals surface area contributed by atoms with Crippen LogP contribution in [0.4, 0.5) is 4.39 Å². The number of benzene rings is 2. The zero-order chi connectivity index (χ0) is 12.3. The summed E-state index contributed by atoms with van der Waals surface area (Å²) in [7, 11) is 0. The number of hydrogen-bond acceptors (Lipinski definition) is 0. The van der Waals surface area contributed by atoms with Crippen LogP contribution in [0.5, 0.6) is 0 Å². The number of alkyl halides is 1. The van der Waals surface area contributed by atoms with Crippen LogP contribution < -0.4 is 0 Å². The molecule has 2 aromatic rings. The minimum absolute atomic E-state index is 0.194. The molecule has 0 saturated carbocycles. The highest BCUT2D eigenvalue weighted by Gasteiger charge is 2.07. The number of rotatable bonds is 3. The Kier molecular flexibility index (Phi) is 3.95. The Labute approximate surface area is 110 Å². The highest BCUT2D eigenvalue weighted by atomic mass is 79.9.